The Labute approximate surface area is 110 Å². The molecule has 0 aliphatic rings. The van der Waals surface area contributed by atoms with Crippen molar-refractivity contribution >= 4 is 27.7 Å². The van der Waals surface area contributed by atoms with Gasteiger partial charge in [0.15, 0.2) is 0 Å². The minimum Gasteiger partial charge on any atom is -0.468 e. The van der Waals surface area contributed by atoms with Crippen molar-refractivity contribution in [1.29, 1.82) is 0 Å². The first-order chi connectivity index (χ1) is 8.09. The van der Waals surface area contributed by atoms with E-state index in [1.165, 1.54) is 23.9 Å². The van der Waals surface area contributed by atoms with E-state index in [4.69, 9.17) is 4.42 Å². The van der Waals surface area contributed by atoms with E-state index < -0.39 is 11.6 Å². The third-order valence-corrected chi connectivity index (χ3v) is 4.10. The lowest BCUT2D eigenvalue weighted by Gasteiger charge is -2.05. The lowest BCUT2D eigenvalue weighted by atomic mass is 10.2. The average molecular weight is 319 g/mol. The molecule has 0 saturated carbocycles. The molecule has 1 heterocycles. The van der Waals surface area contributed by atoms with Crippen LogP contribution in [0.15, 0.2) is 38.2 Å². The van der Waals surface area contributed by atoms with Gasteiger partial charge in [0.25, 0.3) is 0 Å². The summed E-state index contributed by atoms with van der Waals surface area (Å²) < 4.78 is 32.5. The van der Waals surface area contributed by atoms with Crippen LogP contribution in [0.1, 0.15) is 11.3 Å². The second-order valence-electron chi connectivity index (χ2n) is 3.45. The van der Waals surface area contributed by atoms with Crippen LogP contribution in [-0.2, 0) is 5.75 Å². The summed E-state index contributed by atoms with van der Waals surface area (Å²) in [4.78, 5) is 0.892. The van der Waals surface area contributed by atoms with Gasteiger partial charge in [-0.3, -0.25) is 0 Å². The Morgan fingerprint density at radius 3 is 2.71 bits per heavy atom. The van der Waals surface area contributed by atoms with Gasteiger partial charge in [0, 0.05) is 16.2 Å². The highest BCUT2D eigenvalue weighted by molar-refractivity contribution is 9.10. The van der Waals surface area contributed by atoms with Crippen LogP contribution in [0.5, 0.6) is 0 Å². The van der Waals surface area contributed by atoms with Crippen molar-refractivity contribution in [2.45, 2.75) is 17.6 Å². The van der Waals surface area contributed by atoms with E-state index in [-0.39, 0.29) is 15.8 Å². The van der Waals surface area contributed by atoms with Crippen LogP contribution in [0.4, 0.5) is 8.78 Å². The first kappa shape index (κ1) is 12.6. The van der Waals surface area contributed by atoms with Gasteiger partial charge < -0.3 is 4.42 Å². The van der Waals surface area contributed by atoms with Crippen LogP contribution in [0.3, 0.4) is 0 Å². The van der Waals surface area contributed by atoms with Gasteiger partial charge in [-0.1, -0.05) is 0 Å². The number of hydrogen-bond donors (Lipinski definition) is 0. The zero-order chi connectivity index (χ0) is 12.4. The van der Waals surface area contributed by atoms with Gasteiger partial charge in [0.2, 0.25) is 0 Å². The molecule has 0 N–H and O–H groups in total. The smallest absolute Gasteiger partial charge is 0.144 e. The fourth-order valence-corrected chi connectivity index (χ4v) is 2.71. The van der Waals surface area contributed by atoms with Crippen molar-refractivity contribution in [2.75, 3.05) is 0 Å². The Hall–Kier alpha value is -0.810. The summed E-state index contributed by atoms with van der Waals surface area (Å²) in [6.45, 7) is 1.82. The normalized spacial score (nSPS) is 10.8. The van der Waals surface area contributed by atoms with Crippen LogP contribution in [0.25, 0.3) is 0 Å². The van der Waals surface area contributed by atoms with Crippen LogP contribution >= 0.6 is 27.7 Å². The van der Waals surface area contributed by atoms with Gasteiger partial charge in [-0.25, -0.2) is 8.78 Å². The molecular weight excluding hydrogens is 310 g/mol. The Kier molecular flexibility index (Phi) is 3.89. The predicted octanol–water partition coefficient (Wildman–Crippen LogP) is 4.92. The van der Waals surface area contributed by atoms with Gasteiger partial charge in [0.05, 0.1) is 10.7 Å². The predicted molar refractivity (Wildman–Crippen MR) is 67.1 cm³/mol. The van der Waals surface area contributed by atoms with Gasteiger partial charge in [-0.15, -0.1) is 11.8 Å². The Morgan fingerprint density at radius 2 is 2.06 bits per heavy atom. The van der Waals surface area contributed by atoms with Gasteiger partial charge in [-0.2, -0.15) is 0 Å². The summed E-state index contributed by atoms with van der Waals surface area (Å²) in [5.74, 6) is -0.0823. The molecule has 90 valence electrons. The molecule has 1 aromatic heterocycles. The van der Waals surface area contributed by atoms with Crippen molar-refractivity contribution in [3.63, 3.8) is 0 Å². The van der Waals surface area contributed by atoms with Crippen LogP contribution in [0, 0.1) is 18.6 Å². The molecular formula is C12H9BrF2OS. The van der Waals surface area contributed by atoms with E-state index in [1.54, 1.807) is 12.3 Å². The third kappa shape index (κ3) is 2.72. The highest BCUT2D eigenvalue weighted by Crippen LogP contribution is 2.30. The molecule has 5 heteroatoms. The lowest BCUT2D eigenvalue weighted by Crippen LogP contribution is -1.94. The maximum absolute atomic E-state index is 13.7. The maximum Gasteiger partial charge on any atom is 0.144 e. The molecule has 17 heavy (non-hydrogen) atoms. The minimum absolute atomic E-state index is 0.0741. The molecule has 0 saturated heterocycles. The van der Waals surface area contributed by atoms with E-state index in [0.29, 0.717) is 0 Å². The van der Waals surface area contributed by atoms with Gasteiger partial charge >= 0.3 is 0 Å². The number of hydrogen-bond acceptors (Lipinski definition) is 2. The second-order valence-corrected chi connectivity index (χ2v) is 5.32. The van der Waals surface area contributed by atoms with Gasteiger partial charge in [0.1, 0.15) is 17.4 Å². The van der Waals surface area contributed by atoms with Crippen molar-refractivity contribution in [3.05, 3.63) is 51.9 Å². The summed E-state index contributed by atoms with van der Waals surface area (Å²) in [6, 6.07) is 4.40. The van der Waals surface area contributed by atoms with E-state index in [2.05, 4.69) is 15.9 Å². The number of halogens is 3. The molecule has 0 bridgehead atoms. The summed E-state index contributed by atoms with van der Waals surface area (Å²) in [5, 5.41) is 0. The van der Waals surface area contributed by atoms with Crippen molar-refractivity contribution in [3.8, 4) is 0 Å². The fourth-order valence-electron chi connectivity index (χ4n) is 1.37. The number of thioether (sulfide) groups is 1. The molecule has 0 amide bonds. The Bertz CT molecular complexity index is 539. The van der Waals surface area contributed by atoms with Crippen molar-refractivity contribution in [2.24, 2.45) is 0 Å². The van der Waals surface area contributed by atoms with E-state index in [1.807, 2.05) is 6.92 Å². The molecule has 2 aromatic rings. The quantitative estimate of drug-likeness (QED) is 0.588. The molecule has 0 aliphatic carbocycles. The molecule has 0 atom stereocenters. The highest BCUT2D eigenvalue weighted by atomic mass is 79.9. The van der Waals surface area contributed by atoms with Crippen LogP contribution in [0.2, 0.25) is 0 Å². The molecule has 0 fully saturated rings. The molecule has 0 unspecified atom stereocenters. The van der Waals surface area contributed by atoms with Crippen molar-refractivity contribution in [1.82, 2.24) is 0 Å². The van der Waals surface area contributed by atoms with E-state index >= 15 is 0 Å². The molecule has 0 spiro atoms. The zero-order valence-electron chi connectivity index (χ0n) is 8.97. The first-order valence-corrected chi connectivity index (χ1v) is 6.66. The standard InChI is InChI=1S/C12H9BrF2OS/c1-7-11(4-5-16-7)17-6-8-10(14)3-2-9(13)12(8)15/h2-5H,6H2,1H3. The third-order valence-electron chi connectivity index (χ3n) is 2.32. The number of furan rings is 1. The molecule has 0 radical (unpaired) electrons. The molecule has 2 rings (SSSR count). The van der Waals surface area contributed by atoms with Crippen molar-refractivity contribution < 1.29 is 13.2 Å². The second kappa shape index (κ2) is 5.23. The van der Waals surface area contributed by atoms with Crippen LogP contribution in [-0.4, -0.2) is 0 Å². The summed E-state index contributed by atoms with van der Waals surface area (Å²) >= 11 is 4.39. The molecule has 1 aromatic carbocycles. The number of rotatable bonds is 3. The molecule has 0 aliphatic heterocycles. The van der Waals surface area contributed by atoms with Crippen LogP contribution < -0.4 is 0 Å². The lowest BCUT2D eigenvalue weighted by molar-refractivity contribution is 0.526. The molecule has 1 nitrogen and oxygen atoms in total. The van der Waals surface area contributed by atoms with E-state index in [0.717, 1.165) is 10.7 Å². The first-order valence-electron chi connectivity index (χ1n) is 4.89. The fraction of sp³-hybridized carbons (Fsp3) is 0.167. The minimum atomic E-state index is -0.543. The van der Waals surface area contributed by atoms with E-state index in [9.17, 15) is 8.78 Å². The SMILES string of the molecule is Cc1occc1SCc1c(F)ccc(Br)c1F. The monoisotopic (exact) mass is 318 g/mol. The maximum atomic E-state index is 13.7. The summed E-state index contributed by atoms with van der Waals surface area (Å²) in [6.07, 6.45) is 1.56. The average Bonchev–Trinajstić information content (AvgIpc) is 2.70. The van der Waals surface area contributed by atoms with Gasteiger partial charge in [-0.05, 0) is 41.1 Å². The Morgan fingerprint density at radius 1 is 1.29 bits per heavy atom. The summed E-state index contributed by atoms with van der Waals surface area (Å²) in [7, 11) is 0. The summed E-state index contributed by atoms with van der Waals surface area (Å²) in [5.41, 5.74) is 0.0741. The highest BCUT2D eigenvalue weighted by Gasteiger charge is 2.13. The Balaban J connectivity index is 2.20. The topological polar surface area (TPSA) is 13.1 Å². The zero-order valence-corrected chi connectivity index (χ0v) is 11.4. The number of benzene rings is 1. The largest absolute Gasteiger partial charge is 0.468 e. The number of aryl methyl sites for hydroxylation is 1.